The van der Waals surface area contributed by atoms with Crippen molar-refractivity contribution in [3.63, 3.8) is 0 Å². The monoisotopic (exact) mass is 239 g/mol. The Bertz CT molecular complexity index is 607. The van der Waals surface area contributed by atoms with Gasteiger partial charge in [-0.1, -0.05) is 30.3 Å². The summed E-state index contributed by atoms with van der Waals surface area (Å²) in [5.74, 6) is -0.0505. The largest absolute Gasteiger partial charge is 0.508 e. The van der Waals surface area contributed by atoms with Crippen LogP contribution in [-0.4, -0.2) is 11.0 Å². The number of para-hydroxylation sites is 1. The summed E-state index contributed by atoms with van der Waals surface area (Å²) in [5, 5.41) is 12.4. The molecule has 3 rings (SSSR count). The maximum Gasteiger partial charge on any atom is 0.232 e. The number of amides is 1. The number of aromatic hydroxyl groups is 1. The van der Waals surface area contributed by atoms with Gasteiger partial charge in [0.05, 0.1) is 5.92 Å². The minimum absolute atomic E-state index is 0.0145. The van der Waals surface area contributed by atoms with Gasteiger partial charge in [0, 0.05) is 5.69 Å². The van der Waals surface area contributed by atoms with E-state index in [1.54, 1.807) is 18.2 Å². The first kappa shape index (κ1) is 10.8. The number of rotatable bonds is 1. The molecular formula is C15H13NO2. The van der Waals surface area contributed by atoms with Crippen LogP contribution in [0.25, 0.3) is 0 Å². The zero-order valence-electron chi connectivity index (χ0n) is 9.76. The molecule has 18 heavy (non-hydrogen) atoms. The van der Waals surface area contributed by atoms with E-state index in [-0.39, 0.29) is 17.6 Å². The Morgan fingerprint density at radius 2 is 1.94 bits per heavy atom. The van der Waals surface area contributed by atoms with Gasteiger partial charge in [0.15, 0.2) is 0 Å². The predicted molar refractivity (Wildman–Crippen MR) is 69.6 cm³/mol. The molecule has 2 aromatic carbocycles. The highest BCUT2D eigenvalue weighted by molar-refractivity contribution is 5.98. The van der Waals surface area contributed by atoms with Crippen LogP contribution in [0.15, 0.2) is 48.5 Å². The van der Waals surface area contributed by atoms with Crippen molar-refractivity contribution >= 4 is 11.6 Å². The van der Waals surface area contributed by atoms with E-state index < -0.39 is 0 Å². The summed E-state index contributed by atoms with van der Waals surface area (Å²) in [6.07, 6.45) is 0.672. The fourth-order valence-corrected chi connectivity index (χ4v) is 2.36. The minimum atomic E-state index is -0.230. The zero-order valence-corrected chi connectivity index (χ0v) is 9.76. The number of carbonyl (C=O) groups excluding carboxylic acids is 1. The second kappa shape index (κ2) is 4.18. The molecule has 1 aliphatic rings. The van der Waals surface area contributed by atoms with Gasteiger partial charge in [0.1, 0.15) is 5.75 Å². The second-order valence-electron chi connectivity index (χ2n) is 4.50. The van der Waals surface area contributed by atoms with Crippen LogP contribution in [-0.2, 0) is 11.2 Å². The van der Waals surface area contributed by atoms with Gasteiger partial charge in [-0.3, -0.25) is 4.79 Å². The second-order valence-corrected chi connectivity index (χ2v) is 4.50. The lowest BCUT2D eigenvalue weighted by molar-refractivity contribution is -0.117. The van der Waals surface area contributed by atoms with Crippen molar-refractivity contribution in [2.45, 2.75) is 12.3 Å². The topological polar surface area (TPSA) is 49.3 Å². The van der Waals surface area contributed by atoms with Crippen LogP contribution in [0.5, 0.6) is 5.75 Å². The number of benzene rings is 2. The third-order valence-corrected chi connectivity index (χ3v) is 3.29. The molecule has 3 heteroatoms. The van der Waals surface area contributed by atoms with Gasteiger partial charge in [0.25, 0.3) is 0 Å². The molecule has 0 saturated carbocycles. The fourth-order valence-electron chi connectivity index (χ4n) is 2.36. The lowest BCUT2D eigenvalue weighted by Crippen LogP contribution is -2.28. The summed E-state index contributed by atoms with van der Waals surface area (Å²) in [5.41, 5.74) is 2.87. The minimum Gasteiger partial charge on any atom is -0.508 e. The van der Waals surface area contributed by atoms with Crippen LogP contribution >= 0.6 is 0 Å². The Morgan fingerprint density at radius 1 is 1.11 bits per heavy atom. The van der Waals surface area contributed by atoms with E-state index in [0.29, 0.717) is 6.42 Å². The standard InChI is InChI=1S/C15H13NO2/c17-12-6-3-5-10(8-12)13-9-11-4-1-2-7-14(11)16-15(13)18/h1-8,13,17H,9H2,(H,16,18)/t13-/m0/s1. The number of phenolic OH excluding ortho intramolecular Hbond substituents is 1. The molecule has 2 aromatic rings. The molecule has 0 aromatic heterocycles. The van der Waals surface area contributed by atoms with Gasteiger partial charge in [-0.15, -0.1) is 0 Å². The summed E-state index contributed by atoms with van der Waals surface area (Å²) >= 11 is 0. The van der Waals surface area contributed by atoms with Crippen molar-refractivity contribution in [2.75, 3.05) is 5.32 Å². The third kappa shape index (κ3) is 1.84. The Kier molecular flexibility index (Phi) is 2.52. The first-order chi connectivity index (χ1) is 8.74. The molecule has 90 valence electrons. The number of phenols is 1. The van der Waals surface area contributed by atoms with Gasteiger partial charge in [-0.05, 0) is 35.7 Å². The maximum absolute atomic E-state index is 12.1. The number of anilines is 1. The highest BCUT2D eigenvalue weighted by Crippen LogP contribution is 2.32. The molecule has 1 amide bonds. The predicted octanol–water partition coefficient (Wildman–Crippen LogP) is 2.67. The average Bonchev–Trinajstić information content (AvgIpc) is 2.38. The highest BCUT2D eigenvalue weighted by atomic mass is 16.3. The summed E-state index contributed by atoms with van der Waals surface area (Å²) < 4.78 is 0. The van der Waals surface area contributed by atoms with E-state index in [4.69, 9.17) is 0 Å². The van der Waals surface area contributed by atoms with Crippen LogP contribution in [0.4, 0.5) is 5.69 Å². The third-order valence-electron chi connectivity index (χ3n) is 3.29. The number of nitrogens with one attached hydrogen (secondary N) is 1. The molecule has 2 N–H and O–H groups in total. The normalized spacial score (nSPS) is 18.0. The zero-order chi connectivity index (χ0) is 12.5. The van der Waals surface area contributed by atoms with Crippen molar-refractivity contribution in [1.82, 2.24) is 0 Å². The highest BCUT2D eigenvalue weighted by Gasteiger charge is 2.27. The molecule has 0 spiro atoms. The van der Waals surface area contributed by atoms with Gasteiger partial charge in [-0.25, -0.2) is 0 Å². The molecule has 0 bridgehead atoms. The van der Waals surface area contributed by atoms with Gasteiger partial charge in [0.2, 0.25) is 5.91 Å². The first-order valence-corrected chi connectivity index (χ1v) is 5.92. The van der Waals surface area contributed by atoms with E-state index in [1.807, 2.05) is 30.3 Å². The van der Waals surface area contributed by atoms with Gasteiger partial charge >= 0.3 is 0 Å². The maximum atomic E-state index is 12.1. The number of hydrogen-bond acceptors (Lipinski definition) is 2. The molecule has 1 atom stereocenters. The number of fused-ring (bicyclic) bond motifs is 1. The van der Waals surface area contributed by atoms with E-state index in [0.717, 1.165) is 16.8 Å². The SMILES string of the molecule is O=C1Nc2ccccc2C[C@H]1c1cccc(O)c1. The lowest BCUT2D eigenvalue weighted by atomic mass is 9.87. The van der Waals surface area contributed by atoms with Crippen molar-refractivity contribution < 1.29 is 9.90 Å². The van der Waals surface area contributed by atoms with Crippen molar-refractivity contribution in [3.8, 4) is 5.75 Å². The molecular weight excluding hydrogens is 226 g/mol. The molecule has 0 radical (unpaired) electrons. The molecule has 0 aliphatic carbocycles. The number of carbonyl (C=O) groups is 1. The van der Waals surface area contributed by atoms with Crippen LogP contribution in [0, 0.1) is 0 Å². The molecule has 0 fully saturated rings. The fraction of sp³-hybridized carbons (Fsp3) is 0.133. The summed E-state index contributed by atoms with van der Waals surface area (Å²) in [6, 6.07) is 14.7. The van der Waals surface area contributed by atoms with E-state index in [2.05, 4.69) is 5.32 Å². The van der Waals surface area contributed by atoms with E-state index >= 15 is 0 Å². The summed E-state index contributed by atoms with van der Waals surface area (Å²) in [6.45, 7) is 0. The molecule has 0 saturated heterocycles. The lowest BCUT2D eigenvalue weighted by Gasteiger charge is -2.24. The van der Waals surface area contributed by atoms with Crippen molar-refractivity contribution in [2.24, 2.45) is 0 Å². The van der Waals surface area contributed by atoms with Crippen LogP contribution in [0.2, 0.25) is 0 Å². The Labute approximate surface area is 105 Å². The number of hydrogen-bond donors (Lipinski definition) is 2. The smallest absolute Gasteiger partial charge is 0.232 e. The van der Waals surface area contributed by atoms with Gasteiger partial charge < -0.3 is 10.4 Å². The first-order valence-electron chi connectivity index (χ1n) is 5.92. The Hall–Kier alpha value is -2.29. The average molecular weight is 239 g/mol. The summed E-state index contributed by atoms with van der Waals surface area (Å²) in [4.78, 5) is 12.1. The molecule has 0 unspecified atom stereocenters. The Morgan fingerprint density at radius 3 is 2.78 bits per heavy atom. The van der Waals surface area contributed by atoms with Crippen LogP contribution < -0.4 is 5.32 Å². The van der Waals surface area contributed by atoms with E-state index in [9.17, 15) is 9.90 Å². The Balaban J connectivity index is 1.98. The van der Waals surface area contributed by atoms with E-state index in [1.165, 1.54) is 0 Å². The van der Waals surface area contributed by atoms with Crippen LogP contribution in [0.3, 0.4) is 0 Å². The summed E-state index contributed by atoms with van der Waals surface area (Å²) in [7, 11) is 0. The quantitative estimate of drug-likeness (QED) is 0.803. The molecule has 1 aliphatic heterocycles. The molecule has 3 nitrogen and oxygen atoms in total. The van der Waals surface area contributed by atoms with Crippen molar-refractivity contribution in [3.05, 3.63) is 59.7 Å². The van der Waals surface area contributed by atoms with Crippen LogP contribution in [0.1, 0.15) is 17.0 Å². The molecule has 1 heterocycles. The van der Waals surface area contributed by atoms with Gasteiger partial charge in [-0.2, -0.15) is 0 Å². The van der Waals surface area contributed by atoms with Crippen molar-refractivity contribution in [1.29, 1.82) is 0 Å².